The van der Waals surface area contributed by atoms with Crippen LogP contribution in [0.5, 0.6) is 0 Å². The molecule has 0 fully saturated rings. The van der Waals surface area contributed by atoms with Gasteiger partial charge in [0.25, 0.3) is 0 Å². The van der Waals surface area contributed by atoms with Crippen LogP contribution in [0.15, 0.2) is 48.5 Å². The van der Waals surface area contributed by atoms with Gasteiger partial charge < -0.3 is 5.11 Å². The zero-order chi connectivity index (χ0) is 13.1. The lowest BCUT2D eigenvalue weighted by molar-refractivity contribution is 0.0693. The molecule has 2 aromatic rings. The van der Waals surface area contributed by atoms with Crippen LogP contribution in [0.2, 0.25) is 0 Å². The zero-order valence-corrected chi connectivity index (χ0v) is 11.4. The van der Waals surface area contributed by atoms with Crippen LogP contribution in [0.4, 0.5) is 0 Å². The number of carboxylic acid groups (broad SMARTS) is 1. The molecule has 90 valence electrons. The smallest absolute Gasteiger partial charge is 0.336 e. The molecule has 2 rings (SSSR count). The molecule has 1 N–H and O–H groups in total. The molecule has 18 heavy (non-hydrogen) atoms. The first-order chi connectivity index (χ1) is 8.61. The van der Waals surface area contributed by atoms with Crippen LogP contribution in [-0.2, 0) is 0 Å². The molecule has 0 saturated carbocycles. The van der Waals surface area contributed by atoms with Crippen molar-refractivity contribution in [3.05, 3.63) is 68.8 Å². The predicted octanol–water partition coefficient (Wildman–Crippen LogP) is 3.22. The van der Waals surface area contributed by atoms with Gasteiger partial charge in [-0.15, -0.1) is 0 Å². The predicted molar refractivity (Wildman–Crippen MR) is 76.0 cm³/mol. The maximum atomic E-state index is 12.3. The Morgan fingerprint density at radius 2 is 1.33 bits per heavy atom. The Morgan fingerprint density at radius 3 is 1.89 bits per heavy atom. The fourth-order valence-corrected chi connectivity index (χ4v) is 2.29. The highest BCUT2D eigenvalue weighted by atomic mass is 127. The van der Waals surface area contributed by atoms with Crippen molar-refractivity contribution in [3.8, 4) is 0 Å². The van der Waals surface area contributed by atoms with Crippen molar-refractivity contribution in [1.29, 1.82) is 0 Å². The summed E-state index contributed by atoms with van der Waals surface area (Å²) in [6.07, 6.45) is 0. The van der Waals surface area contributed by atoms with Gasteiger partial charge in [0.2, 0.25) is 0 Å². The van der Waals surface area contributed by atoms with Gasteiger partial charge in [0.05, 0.1) is 5.56 Å². The molecule has 0 saturated heterocycles. The number of carboxylic acids is 1. The van der Waals surface area contributed by atoms with Crippen molar-refractivity contribution in [1.82, 2.24) is 0 Å². The van der Waals surface area contributed by atoms with Gasteiger partial charge in [0, 0.05) is 14.7 Å². The quantitative estimate of drug-likeness (QED) is 0.682. The van der Waals surface area contributed by atoms with E-state index in [-0.39, 0.29) is 16.9 Å². The van der Waals surface area contributed by atoms with Crippen molar-refractivity contribution in [2.75, 3.05) is 0 Å². The Labute approximate surface area is 118 Å². The molecule has 0 unspecified atom stereocenters. The van der Waals surface area contributed by atoms with Crippen LogP contribution in [0, 0.1) is 3.57 Å². The summed E-state index contributed by atoms with van der Waals surface area (Å²) >= 11 is 2.06. The Bertz CT molecular complexity index is 620. The molecule has 0 radical (unpaired) electrons. The second-order valence-electron chi connectivity index (χ2n) is 3.66. The van der Waals surface area contributed by atoms with Crippen molar-refractivity contribution < 1.29 is 14.7 Å². The van der Waals surface area contributed by atoms with E-state index >= 15 is 0 Å². The number of ketones is 1. The second kappa shape index (κ2) is 5.30. The molecular formula is C14H9IO3. The van der Waals surface area contributed by atoms with Gasteiger partial charge in [0.15, 0.2) is 5.78 Å². The highest BCUT2D eigenvalue weighted by Crippen LogP contribution is 2.19. The Kier molecular flexibility index (Phi) is 3.76. The van der Waals surface area contributed by atoms with Crippen molar-refractivity contribution in [2.45, 2.75) is 0 Å². The van der Waals surface area contributed by atoms with E-state index in [9.17, 15) is 9.59 Å². The fraction of sp³-hybridized carbons (Fsp3) is 0. The number of hydrogen-bond donors (Lipinski definition) is 1. The molecule has 0 aliphatic carbocycles. The van der Waals surface area contributed by atoms with E-state index in [1.807, 2.05) is 12.1 Å². The van der Waals surface area contributed by atoms with Gasteiger partial charge in [-0.1, -0.05) is 30.3 Å². The average molecular weight is 352 g/mol. The summed E-state index contributed by atoms with van der Waals surface area (Å²) in [7, 11) is 0. The fourth-order valence-electron chi connectivity index (χ4n) is 1.66. The molecule has 3 nitrogen and oxygen atoms in total. The van der Waals surface area contributed by atoms with Gasteiger partial charge in [0.1, 0.15) is 0 Å². The highest BCUT2D eigenvalue weighted by Gasteiger charge is 2.18. The summed E-state index contributed by atoms with van der Waals surface area (Å²) in [5.74, 6) is -1.36. The van der Waals surface area contributed by atoms with E-state index in [0.29, 0.717) is 5.56 Å². The van der Waals surface area contributed by atoms with Gasteiger partial charge in [-0.05, 0) is 40.8 Å². The first-order valence-electron chi connectivity index (χ1n) is 5.23. The lowest BCUT2D eigenvalue weighted by atomic mass is 9.98. The summed E-state index contributed by atoms with van der Waals surface area (Å²) in [4.78, 5) is 23.4. The number of carbonyl (C=O) groups is 2. The van der Waals surface area contributed by atoms with Crippen LogP contribution in [0.3, 0.4) is 0 Å². The molecule has 0 spiro atoms. The summed E-state index contributed by atoms with van der Waals surface area (Å²) < 4.78 is 0.806. The lowest BCUT2D eigenvalue weighted by Crippen LogP contribution is -2.10. The molecule has 0 amide bonds. The van der Waals surface area contributed by atoms with E-state index in [1.54, 1.807) is 24.3 Å². The minimum Gasteiger partial charge on any atom is -0.478 e. The number of carbonyl (C=O) groups excluding carboxylic acids is 1. The monoisotopic (exact) mass is 352 g/mol. The number of benzene rings is 2. The van der Waals surface area contributed by atoms with Gasteiger partial charge in [-0.3, -0.25) is 4.79 Å². The molecular weight excluding hydrogens is 343 g/mol. The van der Waals surface area contributed by atoms with Crippen molar-refractivity contribution in [3.63, 3.8) is 0 Å². The molecule has 0 aromatic heterocycles. The molecule has 0 aliphatic heterocycles. The summed E-state index contributed by atoms with van der Waals surface area (Å²) in [6, 6.07) is 13.4. The Balaban J connectivity index is 2.54. The van der Waals surface area contributed by atoms with Crippen LogP contribution in [-0.4, -0.2) is 16.9 Å². The lowest BCUT2D eigenvalue weighted by Gasteiger charge is -2.06. The third-order valence-corrected chi connectivity index (χ3v) is 3.46. The summed E-state index contributed by atoms with van der Waals surface area (Å²) in [5.41, 5.74) is 0.767. The van der Waals surface area contributed by atoms with Gasteiger partial charge >= 0.3 is 5.97 Å². The third kappa shape index (κ3) is 2.43. The van der Waals surface area contributed by atoms with E-state index in [0.717, 1.165) is 3.57 Å². The first kappa shape index (κ1) is 12.8. The van der Waals surface area contributed by atoms with Crippen molar-refractivity contribution >= 4 is 34.3 Å². The van der Waals surface area contributed by atoms with E-state index in [4.69, 9.17) is 5.11 Å². The number of aromatic carboxylic acids is 1. The highest BCUT2D eigenvalue weighted by molar-refractivity contribution is 14.1. The number of halogens is 1. The largest absolute Gasteiger partial charge is 0.478 e. The maximum absolute atomic E-state index is 12.3. The number of rotatable bonds is 3. The van der Waals surface area contributed by atoms with Crippen LogP contribution < -0.4 is 0 Å². The zero-order valence-electron chi connectivity index (χ0n) is 9.26. The number of hydrogen-bond acceptors (Lipinski definition) is 2. The SMILES string of the molecule is O=C(O)c1ccccc1C(=O)c1ccccc1I. The van der Waals surface area contributed by atoms with Crippen LogP contribution in [0.1, 0.15) is 26.3 Å². The average Bonchev–Trinajstić information content (AvgIpc) is 2.38. The van der Waals surface area contributed by atoms with Gasteiger partial charge in [-0.25, -0.2) is 4.79 Å². The van der Waals surface area contributed by atoms with Crippen LogP contribution in [0.25, 0.3) is 0 Å². The molecule has 0 heterocycles. The van der Waals surface area contributed by atoms with E-state index < -0.39 is 5.97 Å². The Hall–Kier alpha value is -1.69. The van der Waals surface area contributed by atoms with Crippen LogP contribution >= 0.6 is 22.6 Å². The second-order valence-corrected chi connectivity index (χ2v) is 4.82. The topological polar surface area (TPSA) is 54.4 Å². The minimum atomic E-state index is -1.09. The summed E-state index contributed by atoms with van der Waals surface area (Å²) in [5, 5.41) is 9.08. The minimum absolute atomic E-state index is 0.0298. The molecule has 0 aliphatic rings. The molecule has 0 atom stereocenters. The van der Waals surface area contributed by atoms with E-state index in [1.165, 1.54) is 12.1 Å². The molecule has 2 aromatic carbocycles. The third-order valence-electron chi connectivity index (χ3n) is 2.52. The standard InChI is InChI=1S/C14H9IO3/c15-12-8-4-3-7-11(12)13(16)9-5-1-2-6-10(9)14(17)18/h1-8H,(H,17,18). The normalized spacial score (nSPS) is 10.1. The van der Waals surface area contributed by atoms with Gasteiger partial charge in [-0.2, -0.15) is 0 Å². The molecule has 0 bridgehead atoms. The summed E-state index contributed by atoms with van der Waals surface area (Å²) in [6.45, 7) is 0. The first-order valence-corrected chi connectivity index (χ1v) is 6.30. The van der Waals surface area contributed by atoms with Crippen molar-refractivity contribution in [2.24, 2.45) is 0 Å². The Morgan fingerprint density at radius 1 is 0.833 bits per heavy atom. The van der Waals surface area contributed by atoms with E-state index in [2.05, 4.69) is 22.6 Å². The maximum Gasteiger partial charge on any atom is 0.336 e. The molecule has 4 heteroatoms.